The number of rotatable bonds is 4. The molecule has 0 bridgehead atoms. The minimum atomic E-state index is -0.328. The summed E-state index contributed by atoms with van der Waals surface area (Å²) in [6.45, 7) is 6.89. The third-order valence-electron chi connectivity index (χ3n) is 4.65. The largest absolute Gasteiger partial charge is 0.467 e. The number of hydrogen-bond donors (Lipinski definition) is 0. The Morgan fingerprint density at radius 2 is 2.09 bits per heavy atom. The zero-order valence-corrected chi connectivity index (χ0v) is 13.0. The molecule has 1 aromatic rings. The van der Waals surface area contributed by atoms with Crippen molar-refractivity contribution >= 4 is 11.8 Å². The van der Waals surface area contributed by atoms with Gasteiger partial charge >= 0.3 is 0 Å². The van der Waals surface area contributed by atoms with Gasteiger partial charge in [0.15, 0.2) is 0 Å². The van der Waals surface area contributed by atoms with Crippen LogP contribution in [0, 0.1) is 0 Å². The number of piperazine rings is 1. The fraction of sp³-hybridized carbons (Fsp3) is 0.625. The molecular formula is C16H23N3O3. The maximum absolute atomic E-state index is 12.8. The molecule has 3 heterocycles. The Labute approximate surface area is 130 Å². The van der Waals surface area contributed by atoms with Crippen molar-refractivity contribution in [2.24, 2.45) is 0 Å². The Morgan fingerprint density at radius 3 is 2.73 bits per heavy atom. The maximum atomic E-state index is 12.8. The lowest BCUT2D eigenvalue weighted by Gasteiger charge is -2.36. The number of hydrogen-bond acceptors (Lipinski definition) is 4. The summed E-state index contributed by atoms with van der Waals surface area (Å²) in [5.74, 6) is 0.860. The first-order valence-electron chi connectivity index (χ1n) is 8.02. The van der Waals surface area contributed by atoms with Gasteiger partial charge in [0.2, 0.25) is 11.8 Å². The van der Waals surface area contributed by atoms with E-state index < -0.39 is 0 Å². The van der Waals surface area contributed by atoms with Crippen LogP contribution in [-0.4, -0.2) is 65.3 Å². The lowest BCUT2D eigenvalue weighted by molar-refractivity contribution is -0.143. The predicted octanol–water partition coefficient (Wildman–Crippen LogP) is 0.935. The van der Waals surface area contributed by atoms with Gasteiger partial charge in [0.05, 0.1) is 12.8 Å². The summed E-state index contributed by atoms with van der Waals surface area (Å²) >= 11 is 0. The van der Waals surface area contributed by atoms with E-state index in [0.717, 1.165) is 38.5 Å². The highest BCUT2D eigenvalue weighted by atomic mass is 16.3. The molecule has 22 heavy (non-hydrogen) atoms. The van der Waals surface area contributed by atoms with Gasteiger partial charge in [-0.25, -0.2) is 0 Å². The monoisotopic (exact) mass is 305 g/mol. The third kappa shape index (κ3) is 3.02. The molecule has 0 spiro atoms. The van der Waals surface area contributed by atoms with E-state index in [0.29, 0.717) is 19.4 Å². The van der Waals surface area contributed by atoms with Crippen LogP contribution >= 0.6 is 0 Å². The SMILES string of the molecule is CCN1CCN(C(=O)[C@H]2CCC(=O)N2Cc2ccco2)CC1. The fourth-order valence-electron chi connectivity index (χ4n) is 3.25. The molecular weight excluding hydrogens is 282 g/mol. The van der Waals surface area contributed by atoms with E-state index >= 15 is 0 Å². The third-order valence-corrected chi connectivity index (χ3v) is 4.65. The highest BCUT2D eigenvalue weighted by molar-refractivity contribution is 5.91. The molecule has 6 heteroatoms. The van der Waals surface area contributed by atoms with E-state index in [1.54, 1.807) is 17.2 Å². The maximum Gasteiger partial charge on any atom is 0.245 e. The summed E-state index contributed by atoms with van der Waals surface area (Å²) in [6, 6.07) is 3.31. The van der Waals surface area contributed by atoms with Crippen molar-refractivity contribution in [1.82, 2.24) is 14.7 Å². The summed E-state index contributed by atoms with van der Waals surface area (Å²) in [6.07, 6.45) is 2.66. The Kier molecular flexibility index (Phi) is 4.47. The number of nitrogens with zero attached hydrogens (tertiary/aromatic N) is 3. The average molecular weight is 305 g/mol. The van der Waals surface area contributed by atoms with Gasteiger partial charge in [-0.05, 0) is 25.1 Å². The zero-order valence-electron chi connectivity index (χ0n) is 13.0. The van der Waals surface area contributed by atoms with Gasteiger partial charge in [-0.15, -0.1) is 0 Å². The van der Waals surface area contributed by atoms with Crippen LogP contribution in [0.2, 0.25) is 0 Å². The minimum absolute atomic E-state index is 0.0435. The topological polar surface area (TPSA) is 57.0 Å². The fourth-order valence-corrected chi connectivity index (χ4v) is 3.25. The molecule has 0 radical (unpaired) electrons. The second-order valence-electron chi connectivity index (χ2n) is 5.92. The second-order valence-corrected chi connectivity index (χ2v) is 5.92. The summed E-state index contributed by atoms with van der Waals surface area (Å²) in [4.78, 5) is 30.8. The molecule has 2 fully saturated rings. The van der Waals surface area contributed by atoms with Crippen molar-refractivity contribution in [3.05, 3.63) is 24.2 Å². The molecule has 0 N–H and O–H groups in total. The molecule has 2 amide bonds. The molecule has 3 rings (SSSR count). The number of furan rings is 1. The summed E-state index contributed by atoms with van der Waals surface area (Å²) in [5.41, 5.74) is 0. The van der Waals surface area contributed by atoms with Gasteiger partial charge in [-0.3, -0.25) is 9.59 Å². The first kappa shape index (κ1) is 15.1. The normalized spacial score (nSPS) is 23.3. The number of carbonyl (C=O) groups is 2. The molecule has 1 atom stereocenters. The predicted molar refractivity (Wildman–Crippen MR) is 81.0 cm³/mol. The molecule has 2 aliphatic rings. The molecule has 2 saturated heterocycles. The minimum Gasteiger partial charge on any atom is -0.467 e. The smallest absolute Gasteiger partial charge is 0.245 e. The number of likely N-dealkylation sites (N-methyl/N-ethyl adjacent to an activating group) is 1. The van der Waals surface area contributed by atoms with Crippen molar-refractivity contribution in [3.63, 3.8) is 0 Å². The van der Waals surface area contributed by atoms with Crippen LogP contribution in [0.5, 0.6) is 0 Å². The lowest BCUT2D eigenvalue weighted by Crippen LogP contribution is -2.53. The zero-order chi connectivity index (χ0) is 15.5. The Morgan fingerprint density at radius 1 is 1.32 bits per heavy atom. The second kappa shape index (κ2) is 6.52. The summed E-state index contributed by atoms with van der Waals surface area (Å²) in [5, 5.41) is 0. The molecule has 1 aromatic heterocycles. The van der Waals surface area contributed by atoms with Crippen molar-refractivity contribution in [2.75, 3.05) is 32.7 Å². The summed E-state index contributed by atoms with van der Waals surface area (Å²) < 4.78 is 5.32. The van der Waals surface area contributed by atoms with Gasteiger partial charge in [-0.1, -0.05) is 6.92 Å². The molecule has 0 aromatic carbocycles. The first-order valence-corrected chi connectivity index (χ1v) is 8.02. The van der Waals surface area contributed by atoms with Crippen molar-refractivity contribution in [2.45, 2.75) is 32.4 Å². The van der Waals surface area contributed by atoms with Gasteiger partial charge in [0, 0.05) is 32.6 Å². The van der Waals surface area contributed by atoms with Crippen molar-refractivity contribution < 1.29 is 14.0 Å². The van der Waals surface area contributed by atoms with Gasteiger partial charge < -0.3 is 19.1 Å². The standard InChI is InChI=1S/C16H23N3O3/c1-2-17-7-9-18(10-8-17)16(21)14-5-6-15(20)19(14)12-13-4-3-11-22-13/h3-4,11,14H,2,5-10,12H2,1H3/t14-/m1/s1. The number of amides is 2. The van der Waals surface area contributed by atoms with Crippen LogP contribution in [0.15, 0.2) is 22.8 Å². The van der Waals surface area contributed by atoms with E-state index in [1.807, 2.05) is 11.0 Å². The molecule has 2 aliphatic heterocycles. The number of carbonyl (C=O) groups excluding carboxylic acids is 2. The quantitative estimate of drug-likeness (QED) is 0.830. The van der Waals surface area contributed by atoms with E-state index in [2.05, 4.69) is 11.8 Å². The van der Waals surface area contributed by atoms with Crippen LogP contribution in [0.25, 0.3) is 0 Å². The highest BCUT2D eigenvalue weighted by Crippen LogP contribution is 2.24. The Balaban J connectivity index is 1.64. The highest BCUT2D eigenvalue weighted by Gasteiger charge is 2.39. The Bertz CT molecular complexity index is 521. The van der Waals surface area contributed by atoms with Gasteiger partial charge in [0.1, 0.15) is 11.8 Å². The van der Waals surface area contributed by atoms with Crippen LogP contribution < -0.4 is 0 Å². The van der Waals surface area contributed by atoms with Crippen LogP contribution in [0.1, 0.15) is 25.5 Å². The van der Waals surface area contributed by atoms with Crippen LogP contribution in [0.4, 0.5) is 0 Å². The van der Waals surface area contributed by atoms with E-state index in [9.17, 15) is 9.59 Å². The van der Waals surface area contributed by atoms with Crippen molar-refractivity contribution in [3.8, 4) is 0 Å². The van der Waals surface area contributed by atoms with E-state index in [1.165, 1.54) is 0 Å². The van der Waals surface area contributed by atoms with Crippen molar-refractivity contribution in [1.29, 1.82) is 0 Å². The molecule has 0 saturated carbocycles. The molecule has 120 valence electrons. The molecule has 0 aliphatic carbocycles. The lowest BCUT2D eigenvalue weighted by atomic mass is 10.1. The molecule has 6 nitrogen and oxygen atoms in total. The van der Waals surface area contributed by atoms with Gasteiger partial charge in [0.25, 0.3) is 0 Å². The van der Waals surface area contributed by atoms with E-state index in [4.69, 9.17) is 4.42 Å². The average Bonchev–Trinajstić information content (AvgIpc) is 3.18. The number of likely N-dealkylation sites (tertiary alicyclic amines) is 1. The summed E-state index contributed by atoms with van der Waals surface area (Å²) in [7, 11) is 0. The molecule has 0 unspecified atom stereocenters. The van der Waals surface area contributed by atoms with Crippen LogP contribution in [0.3, 0.4) is 0 Å². The van der Waals surface area contributed by atoms with E-state index in [-0.39, 0.29) is 17.9 Å². The van der Waals surface area contributed by atoms with Crippen LogP contribution in [-0.2, 0) is 16.1 Å². The first-order chi connectivity index (χ1) is 10.7. The van der Waals surface area contributed by atoms with Gasteiger partial charge in [-0.2, -0.15) is 0 Å². The Hall–Kier alpha value is -1.82.